The fraction of sp³-hybridized carbons (Fsp3) is 0.111. The van der Waals surface area contributed by atoms with E-state index in [2.05, 4.69) is 16.2 Å². The Balaban J connectivity index is 2.51. The molecule has 2 aromatic rings. The fourth-order valence-corrected chi connectivity index (χ4v) is 1.08. The monoisotopic (exact) mass is 158 g/mol. The Morgan fingerprint density at radius 3 is 2.92 bits per heavy atom. The normalized spacial score (nSPS) is 10.1. The minimum Gasteiger partial charge on any atom is -0.302 e. The van der Waals surface area contributed by atoms with Crippen LogP contribution in [0, 0.1) is 13.1 Å². The van der Waals surface area contributed by atoms with Gasteiger partial charge in [0.25, 0.3) is 0 Å². The number of imidazole rings is 1. The summed E-state index contributed by atoms with van der Waals surface area (Å²) in [6.07, 6.45) is 8.24. The van der Waals surface area contributed by atoms with Crippen molar-refractivity contribution in [1.82, 2.24) is 14.5 Å². The Morgan fingerprint density at radius 1 is 1.42 bits per heavy atom. The second kappa shape index (κ2) is 2.77. The highest BCUT2D eigenvalue weighted by atomic mass is 15.1. The minimum atomic E-state index is 0.924. The molecule has 2 rings (SSSR count). The van der Waals surface area contributed by atoms with Crippen molar-refractivity contribution in [2.75, 3.05) is 0 Å². The van der Waals surface area contributed by atoms with E-state index in [-0.39, 0.29) is 0 Å². The van der Waals surface area contributed by atoms with E-state index in [1.54, 1.807) is 12.4 Å². The Morgan fingerprint density at radius 2 is 2.33 bits per heavy atom. The molecule has 0 aliphatic rings. The van der Waals surface area contributed by atoms with Gasteiger partial charge in [-0.1, -0.05) is 0 Å². The summed E-state index contributed by atoms with van der Waals surface area (Å²) in [4.78, 5) is 8.02. The molecule has 2 aromatic heterocycles. The first kappa shape index (κ1) is 7.03. The third kappa shape index (κ3) is 1.09. The average molecular weight is 158 g/mol. The quantitative estimate of drug-likeness (QED) is 0.627. The number of hydrogen-bond acceptors (Lipinski definition) is 2. The Kier molecular flexibility index (Phi) is 1.63. The van der Waals surface area contributed by atoms with E-state index < -0.39 is 0 Å². The molecule has 0 aromatic carbocycles. The van der Waals surface area contributed by atoms with Gasteiger partial charge in [0.15, 0.2) is 0 Å². The summed E-state index contributed by atoms with van der Waals surface area (Å²) in [5.41, 5.74) is 0.924. The van der Waals surface area contributed by atoms with Gasteiger partial charge in [0, 0.05) is 18.6 Å². The Labute approximate surface area is 70.7 Å². The van der Waals surface area contributed by atoms with Crippen molar-refractivity contribution in [2.45, 2.75) is 6.92 Å². The third-order valence-electron chi connectivity index (χ3n) is 1.68. The molecule has 0 N–H and O–H groups in total. The number of nitrogens with zero attached hydrogens (tertiary/aromatic N) is 3. The largest absolute Gasteiger partial charge is 0.302 e. The SMILES string of the molecule is Cc1nccn1-c1[c]nccc1. The molecular formula is C9H8N3. The van der Waals surface area contributed by atoms with Gasteiger partial charge in [-0.3, -0.25) is 4.98 Å². The molecule has 0 aliphatic carbocycles. The highest BCUT2D eigenvalue weighted by Gasteiger charge is 1.98. The van der Waals surface area contributed by atoms with Gasteiger partial charge in [0.05, 0.1) is 5.69 Å². The standard InChI is InChI=1S/C9H8N3/c1-8-11-5-6-12(8)9-3-2-4-10-7-9/h2-6H,1H3. The molecule has 0 atom stereocenters. The summed E-state index contributed by atoms with van der Waals surface area (Å²) < 4.78 is 1.94. The predicted octanol–water partition coefficient (Wildman–Crippen LogP) is 1.38. The first-order chi connectivity index (χ1) is 5.88. The minimum absolute atomic E-state index is 0.924. The maximum Gasteiger partial charge on any atom is 0.115 e. The molecule has 59 valence electrons. The summed E-state index contributed by atoms with van der Waals surface area (Å²) in [7, 11) is 0. The molecule has 0 saturated heterocycles. The Hall–Kier alpha value is -1.64. The second-order valence-electron chi connectivity index (χ2n) is 2.48. The topological polar surface area (TPSA) is 30.7 Å². The highest BCUT2D eigenvalue weighted by Crippen LogP contribution is 2.06. The van der Waals surface area contributed by atoms with E-state index >= 15 is 0 Å². The van der Waals surface area contributed by atoms with Crippen molar-refractivity contribution in [3.63, 3.8) is 0 Å². The van der Waals surface area contributed by atoms with Crippen LogP contribution in [0.4, 0.5) is 0 Å². The van der Waals surface area contributed by atoms with Crippen molar-refractivity contribution in [2.24, 2.45) is 0 Å². The summed E-state index contributed by atoms with van der Waals surface area (Å²) >= 11 is 0. The van der Waals surface area contributed by atoms with Gasteiger partial charge in [-0.25, -0.2) is 4.98 Å². The van der Waals surface area contributed by atoms with Crippen molar-refractivity contribution in [3.8, 4) is 5.69 Å². The molecule has 1 radical (unpaired) electrons. The molecule has 0 saturated carbocycles. The van der Waals surface area contributed by atoms with Crippen molar-refractivity contribution in [3.05, 3.63) is 42.7 Å². The van der Waals surface area contributed by atoms with Gasteiger partial charge in [-0.2, -0.15) is 0 Å². The molecule has 2 heterocycles. The first-order valence-electron chi connectivity index (χ1n) is 3.71. The average Bonchev–Trinajstić information content (AvgIpc) is 2.53. The molecule has 0 unspecified atom stereocenters. The zero-order chi connectivity index (χ0) is 8.39. The van der Waals surface area contributed by atoms with E-state index in [1.165, 1.54) is 0 Å². The predicted molar refractivity (Wildman–Crippen MR) is 44.9 cm³/mol. The van der Waals surface area contributed by atoms with Gasteiger partial charge in [-0.15, -0.1) is 0 Å². The van der Waals surface area contributed by atoms with E-state index in [4.69, 9.17) is 0 Å². The number of rotatable bonds is 1. The van der Waals surface area contributed by atoms with Crippen LogP contribution < -0.4 is 0 Å². The van der Waals surface area contributed by atoms with E-state index in [0.717, 1.165) is 11.5 Å². The van der Waals surface area contributed by atoms with Crippen LogP contribution in [0.1, 0.15) is 5.82 Å². The summed E-state index contributed by atoms with van der Waals surface area (Å²) in [6.45, 7) is 1.95. The Bertz CT molecular complexity index is 364. The maximum atomic E-state index is 4.11. The first-order valence-corrected chi connectivity index (χ1v) is 3.71. The third-order valence-corrected chi connectivity index (χ3v) is 1.68. The molecule has 0 amide bonds. The van der Waals surface area contributed by atoms with Crippen molar-refractivity contribution < 1.29 is 0 Å². The van der Waals surface area contributed by atoms with Crippen LogP contribution in [-0.4, -0.2) is 14.5 Å². The molecule has 3 nitrogen and oxygen atoms in total. The maximum absolute atomic E-state index is 4.11. The van der Waals surface area contributed by atoms with Gasteiger partial charge >= 0.3 is 0 Å². The van der Waals surface area contributed by atoms with Gasteiger partial charge in [0.2, 0.25) is 0 Å². The smallest absolute Gasteiger partial charge is 0.115 e. The van der Waals surface area contributed by atoms with Crippen molar-refractivity contribution in [1.29, 1.82) is 0 Å². The zero-order valence-electron chi connectivity index (χ0n) is 6.73. The lowest BCUT2D eigenvalue weighted by atomic mass is 10.4. The van der Waals surface area contributed by atoms with Crippen molar-refractivity contribution >= 4 is 0 Å². The molecule has 0 fully saturated rings. The summed E-state index contributed by atoms with van der Waals surface area (Å²) in [5, 5.41) is 0. The number of pyridine rings is 1. The van der Waals surface area contributed by atoms with Crippen LogP contribution >= 0.6 is 0 Å². The molecule has 0 spiro atoms. The fourth-order valence-electron chi connectivity index (χ4n) is 1.08. The lowest BCUT2D eigenvalue weighted by Gasteiger charge is -2.01. The van der Waals surface area contributed by atoms with Crippen LogP contribution in [0.3, 0.4) is 0 Å². The van der Waals surface area contributed by atoms with E-state index in [1.807, 2.05) is 29.8 Å². The van der Waals surface area contributed by atoms with Crippen LogP contribution in [-0.2, 0) is 0 Å². The molecule has 0 bridgehead atoms. The van der Waals surface area contributed by atoms with E-state index in [9.17, 15) is 0 Å². The lowest BCUT2D eigenvalue weighted by molar-refractivity contribution is 0.962. The highest BCUT2D eigenvalue weighted by molar-refractivity contribution is 5.27. The van der Waals surface area contributed by atoms with Gasteiger partial charge in [-0.05, 0) is 19.1 Å². The molecule has 12 heavy (non-hydrogen) atoms. The zero-order valence-corrected chi connectivity index (χ0v) is 6.73. The molecule has 0 aliphatic heterocycles. The van der Waals surface area contributed by atoms with Crippen LogP contribution in [0.15, 0.2) is 30.7 Å². The van der Waals surface area contributed by atoms with Gasteiger partial charge in [0.1, 0.15) is 12.0 Å². The lowest BCUT2D eigenvalue weighted by Crippen LogP contribution is -1.95. The van der Waals surface area contributed by atoms with Crippen LogP contribution in [0.25, 0.3) is 5.69 Å². The molecular weight excluding hydrogens is 150 g/mol. The number of aryl methyl sites for hydroxylation is 1. The van der Waals surface area contributed by atoms with Crippen LogP contribution in [0.2, 0.25) is 0 Å². The second-order valence-corrected chi connectivity index (χ2v) is 2.48. The number of aromatic nitrogens is 3. The van der Waals surface area contributed by atoms with Crippen LogP contribution in [0.5, 0.6) is 0 Å². The number of hydrogen-bond donors (Lipinski definition) is 0. The summed E-state index contributed by atoms with van der Waals surface area (Å²) in [5.74, 6) is 0.944. The van der Waals surface area contributed by atoms with Gasteiger partial charge < -0.3 is 4.57 Å². The molecule has 3 heteroatoms. The summed E-state index contributed by atoms with van der Waals surface area (Å²) in [6, 6.07) is 3.83. The van der Waals surface area contributed by atoms with E-state index in [0.29, 0.717) is 0 Å².